The summed E-state index contributed by atoms with van der Waals surface area (Å²) in [5.41, 5.74) is 1.12. The van der Waals surface area contributed by atoms with Gasteiger partial charge in [0.2, 0.25) is 0 Å². The maximum Gasteiger partial charge on any atom is 0.434 e. The number of esters is 1. The van der Waals surface area contributed by atoms with Crippen LogP contribution in [0.25, 0.3) is 11.1 Å². The first-order valence-corrected chi connectivity index (χ1v) is 11.2. The average Bonchev–Trinajstić information content (AvgIpc) is 2.90. The van der Waals surface area contributed by atoms with Gasteiger partial charge in [-0.05, 0) is 35.4 Å². The van der Waals surface area contributed by atoms with Crippen LogP contribution in [-0.4, -0.2) is 75.4 Å². The van der Waals surface area contributed by atoms with Crippen molar-refractivity contribution in [1.29, 1.82) is 0 Å². The number of rotatable bonds is 5. The van der Waals surface area contributed by atoms with E-state index >= 15 is 0 Å². The number of benzene rings is 2. The molecular formula is C25H23F3N4O5. The zero-order valence-electron chi connectivity index (χ0n) is 19.5. The molecule has 0 radical (unpaired) electrons. The molecule has 3 aromatic rings. The number of halogens is 3. The zero-order valence-corrected chi connectivity index (χ0v) is 19.5. The van der Waals surface area contributed by atoms with Gasteiger partial charge in [-0.25, -0.2) is 9.78 Å². The highest BCUT2D eigenvalue weighted by Crippen LogP contribution is 2.28. The van der Waals surface area contributed by atoms with Crippen LogP contribution in [0.15, 0.2) is 60.9 Å². The number of anilines is 1. The number of nitrogens with one attached hydrogen (secondary N) is 1. The number of likely N-dealkylation sites (tertiary alicyclic amines) is 1. The van der Waals surface area contributed by atoms with Crippen molar-refractivity contribution in [2.24, 2.45) is 0 Å². The molecule has 194 valence electrons. The second kappa shape index (κ2) is 10.5. The number of hydrogen-bond acceptors (Lipinski definition) is 8. The fourth-order valence-electron chi connectivity index (χ4n) is 3.99. The smallest absolute Gasteiger partial charge is 0.434 e. The van der Waals surface area contributed by atoms with Crippen molar-refractivity contribution < 1.29 is 37.7 Å². The minimum atomic E-state index is -4.70. The van der Waals surface area contributed by atoms with Crippen LogP contribution in [0, 0.1) is 0 Å². The Labute approximate surface area is 209 Å². The molecule has 0 bridgehead atoms. The Morgan fingerprint density at radius 2 is 1.57 bits per heavy atom. The summed E-state index contributed by atoms with van der Waals surface area (Å²) in [5.74, 6) is -1.13. The Morgan fingerprint density at radius 3 is 2.14 bits per heavy atom. The van der Waals surface area contributed by atoms with Gasteiger partial charge in [-0.3, -0.25) is 9.78 Å². The molecule has 4 rings (SSSR count). The topological polar surface area (TPSA) is 125 Å². The number of alkyl halides is 3. The van der Waals surface area contributed by atoms with Gasteiger partial charge in [-0.2, -0.15) is 13.2 Å². The molecule has 0 spiro atoms. The molecule has 2 heterocycles. The lowest BCUT2D eigenvalue weighted by atomic mass is 9.98. The highest BCUT2D eigenvalue weighted by Gasteiger charge is 2.38. The van der Waals surface area contributed by atoms with E-state index in [0.717, 1.165) is 17.3 Å². The van der Waals surface area contributed by atoms with Crippen molar-refractivity contribution in [3.05, 3.63) is 77.7 Å². The average molecular weight is 516 g/mol. The van der Waals surface area contributed by atoms with Crippen molar-refractivity contribution in [1.82, 2.24) is 14.9 Å². The molecule has 3 atom stereocenters. The van der Waals surface area contributed by atoms with E-state index in [1.807, 2.05) is 0 Å². The summed E-state index contributed by atoms with van der Waals surface area (Å²) in [4.78, 5) is 33.0. The van der Waals surface area contributed by atoms with E-state index in [0.29, 0.717) is 17.3 Å². The molecule has 1 saturated heterocycles. The predicted octanol–water partition coefficient (Wildman–Crippen LogP) is 2.61. The third kappa shape index (κ3) is 5.87. The number of carbonyl (C=O) groups is 2. The van der Waals surface area contributed by atoms with Gasteiger partial charge in [0.1, 0.15) is 11.9 Å². The summed E-state index contributed by atoms with van der Waals surface area (Å²) < 4.78 is 43.5. The summed E-state index contributed by atoms with van der Waals surface area (Å²) in [6.45, 7) is -0.255. The lowest BCUT2D eigenvalue weighted by molar-refractivity contribution is -0.141. The Balaban J connectivity index is 1.47. The van der Waals surface area contributed by atoms with Crippen LogP contribution >= 0.6 is 0 Å². The first kappa shape index (κ1) is 26.0. The van der Waals surface area contributed by atoms with Gasteiger partial charge in [0.25, 0.3) is 5.91 Å². The van der Waals surface area contributed by atoms with Crippen molar-refractivity contribution in [3.8, 4) is 11.1 Å². The number of aliphatic hydroxyl groups is 2. The van der Waals surface area contributed by atoms with Crippen LogP contribution < -0.4 is 5.32 Å². The normalized spacial score (nSPS) is 19.8. The fraction of sp³-hybridized carbons (Fsp3) is 0.280. The van der Waals surface area contributed by atoms with E-state index in [1.165, 1.54) is 12.0 Å². The standard InChI is InChI=1S/C25H23F3N4O5/c1-37-24(36)17-8-4-15(5-9-17)14-2-6-16(7-3-14)23(35)32-12-18(22(34)19(33)13-32)30-21-11-29-10-20(31-21)25(26,27)28/h2-11,18-19,22,33-34H,12-13H2,1H3,(H,30,31)/t18-,19-,22+/m0/s1. The van der Waals surface area contributed by atoms with Gasteiger partial charge in [-0.15, -0.1) is 0 Å². The van der Waals surface area contributed by atoms with Crippen LogP contribution in [0.2, 0.25) is 0 Å². The lowest BCUT2D eigenvalue weighted by Crippen LogP contribution is -2.59. The van der Waals surface area contributed by atoms with Crippen molar-refractivity contribution >= 4 is 17.7 Å². The first-order valence-electron chi connectivity index (χ1n) is 11.2. The molecule has 1 amide bonds. The van der Waals surface area contributed by atoms with Crippen LogP contribution in [0.1, 0.15) is 26.4 Å². The maximum absolute atomic E-state index is 13.1. The summed E-state index contributed by atoms with van der Waals surface area (Å²) >= 11 is 0. The quantitative estimate of drug-likeness (QED) is 0.442. The second-order valence-corrected chi connectivity index (χ2v) is 8.45. The molecule has 1 aromatic heterocycles. The first-order chi connectivity index (χ1) is 17.6. The number of hydrogen-bond donors (Lipinski definition) is 3. The Kier molecular flexibility index (Phi) is 7.41. The largest absolute Gasteiger partial charge is 0.465 e. The molecule has 9 nitrogen and oxygen atoms in total. The third-order valence-electron chi connectivity index (χ3n) is 5.95. The van der Waals surface area contributed by atoms with Gasteiger partial charge >= 0.3 is 12.1 Å². The highest BCUT2D eigenvalue weighted by atomic mass is 19.4. The SMILES string of the molecule is COC(=O)c1ccc(-c2ccc(C(=O)N3C[C@H](Nc4cncc(C(F)(F)F)n4)[C@@H](O)[C@@H](O)C3)cc2)cc1. The molecule has 0 saturated carbocycles. The number of aliphatic hydroxyl groups excluding tert-OH is 2. The summed E-state index contributed by atoms with van der Waals surface area (Å²) in [6, 6.07) is 12.4. The minimum absolute atomic E-state index is 0.0915. The van der Waals surface area contributed by atoms with E-state index in [4.69, 9.17) is 0 Å². The molecule has 1 aliphatic rings. The van der Waals surface area contributed by atoms with Crippen molar-refractivity contribution in [2.45, 2.75) is 24.4 Å². The van der Waals surface area contributed by atoms with E-state index in [1.54, 1.807) is 48.5 Å². The van der Waals surface area contributed by atoms with Gasteiger partial charge in [0.05, 0.1) is 37.2 Å². The van der Waals surface area contributed by atoms with E-state index in [9.17, 15) is 33.0 Å². The monoisotopic (exact) mass is 516 g/mol. The molecule has 37 heavy (non-hydrogen) atoms. The Bertz CT molecular complexity index is 1270. The summed E-state index contributed by atoms with van der Waals surface area (Å²) in [5, 5.41) is 23.3. The Hall–Kier alpha value is -4.03. The van der Waals surface area contributed by atoms with Gasteiger partial charge < -0.3 is 25.2 Å². The number of β-amino-alcohol motifs (C(OH)–C–C–N with tert-alkyl or cyclic N) is 1. The van der Waals surface area contributed by atoms with Gasteiger partial charge in [-0.1, -0.05) is 24.3 Å². The molecular weight excluding hydrogens is 493 g/mol. The molecule has 1 aliphatic heterocycles. The zero-order chi connectivity index (χ0) is 26.7. The molecule has 3 N–H and O–H groups in total. The molecule has 1 fully saturated rings. The van der Waals surface area contributed by atoms with Crippen molar-refractivity contribution in [2.75, 3.05) is 25.5 Å². The van der Waals surface area contributed by atoms with Crippen LogP contribution in [-0.2, 0) is 10.9 Å². The second-order valence-electron chi connectivity index (χ2n) is 8.45. The highest BCUT2D eigenvalue weighted by molar-refractivity contribution is 5.95. The van der Waals surface area contributed by atoms with Crippen molar-refractivity contribution in [3.63, 3.8) is 0 Å². The Morgan fingerprint density at radius 1 is 0.973 bits per heavy atom. The number of ether oxygens (including phenoxy) is 1. The summed E-state index contributed by atoms with van der Waals surface area (Å²) in [6.07, 6.45) is -5.75. The van der Waals surface area contributed by atoms with E-state index < -0.39 is 42.0 Å². The molecule has 2 aromatic carbocycles. The van der Waals surface area contributed by atoms with E-state index in [-0.39, 0.29) is 18.9 Å². The molecule has 12 heteroatoms. The lowest BCUT2D eigenvalue weighted by Gasteiger charge is -2.39. The minimum Gasteiger partial charge on any atom is -0.465 e. The number of aromatic nitrogens is 2. The van der Waals surface area contributed by atoms with Gasteiger partial charge in [0, 0.05) is 18.7 Å². The van der Waals surface area contributed by atoms with Crippen LogP contribution in [0.3, 0.4) is 0 Å². The number of piperidine rings is 1. The number of methoxy groups -OCH3 is 1. The number of carbonyl (C=O) groups excluding carboxylic acids is 2. The van der Waals surface area contributed by atoms with Crippen LogP contribution in [0.4, 0.5) is 19.0 Å². The molecule has 0 unspecified atom stereocenters. The maximum atomic E-state index is 13.1. The van der Waals surface area contributed by atoms with Gasteiger partial charge in [0.15, 0.2) is 5.69 Å². The third-order valence-corrected chi connectivity index (χ3v) is 5.95. The van der Waals surface area contributed by atoms with E-state index in [2.05, 4.69) is 20.0 Å². The summed E-state index contributed by atoms with van der Waals surface area (Å²) in [7, 11) is 1.30. The predicted molar refractivity (Wildman–Crippen MR) is 126 cm³/mol. The molecule has 0 aliphatic carbocycles. The van der Waals surface area contributed by atoms with Crippen LogP contribution in [0.5, 0.6) is 0 Å². The fourth-order valence-corrected chi connectivity index (χ4v) is 3.99. The number of amides is 1. The number of nitrogens with zero attached hydrogens (tertiary/aromatic N) is 3.